The third kappa shape index (κ3) is 3.88. The van der Waals surface area contributed by atoms with Crippen LogP contribution in [0.25, 0.3) is 0 Å². The molecule has 0 spiro atoms. The fourth-order valence-corrected chi connectivity index (χ4v) is 3.03. The Bertz CT molecular complexity index is 805. The molecule has 0 bridgehead atoms. The number of ether oxygens (including phenoxy) is 1. The van der Waals surface area contributed by atoms with Crippen LogP contribution in [0.1, 0.15) is 17.3 Å². The van der Waals surface area contributed by atoms with Crippen LogP contribution in [-0.2, 0) is 19.6 Å². The number of primary sulfonamides is 1. The van der Waals surface area contributed by atoms with Gasteiger partial charge >= 0.3 is 5.97 Å². The number of ketones is 1. The van der Waals surface area contributed by atoms with E-state index in [4.69, 9.17) is 21.5 Å². The van der Waals surface area contributed by atoms with Gasteiger partial charge in [-0.15, -0.1) is 0 Å². The molecule has 23 heavy (non-hydrogen) atoms. The fraction of sp³-hybridized carbons (Fsp3) is 0.231. The maximum absolute atomic E-state index is 12.2. The molecule has 0 saturated carbocycles. The number of hydrogen-bond acceptors (Lipinski definition) is 7. The molecule has 0 aromatic heterocycles. The minimum Gasteiger partial charge on any atom is -0.455 e. The van der Waals surface area contributed by atoms with Crippen LogP contribution < -0.4 is 10.2 Å². The van der Waals surface area contributed by atoms with E-state index in [0.717, 1.165) is 12.1 Å². The van der Waals surface area contributed by atoms with Gasteiger partial charge in [0.1, 0.15) is 17.5 Å². The first kappa shape index (κ1) is 17.4. The summed E-state index contributed by atoms with van der Waals surface area (Å²) >= 11 is 5.84. The summed E-state index contributed by atoms with van der Waals surface area (Å²) in [6, 6.07) is 1.93. The number of carbonyl (C=O) groups is 2. The average Bonchev–Trinajstić information content (AvgIpc) is 2.42. The van der Waals surface area contributed by atoms with E-state index < -0.39 is 39.3 Å². The van der Waals surface area contributed by atoms with Gasteiger partial charge in [-0.2, -0.15) is 0 Å². The third-order valence-electron chi connectivity index (χ3n) is 3.01. The number of carbonyl (C=O) groups excluding carboxylic acids is 2. The molecular weight excluding hydrogens is 348 g/mol. The van der Waals surface area contributed by atoms with Crippen LogP contribution in [-0.4, -0.2) is 38.0 Å². The van der Waals surface area contributed by atoms with Crippen molar-refractivity contribution in [1.82, 2.24) is 0 Å². The van der Waals surface area contributed by atoms with E-state index in [-0.39, 0.29) is 16.3 Å². The van der Waals surface area contributed by atoms with Crippen LogP contribution in [0.15, 0.2) is 29.2 Å². The molecule has 0 amide bonds. The van der Waals surface area contributed by atoms with Crippen LogP contribution in [0, 0.1) is 0 Å². The number of nitrogens with two attached hydrogens (primary N) is 1. The number of anilines is 1. The van der Waals surface area contributed by atoms with E-state index in [9.17, 15) is 23.2 Å². The van der Waals surface area contributed by atoms with Crippen molar-refractivity contribution in [1.29, 1.82) is 0 Å². The number of fused-ring (bicyclic) bond motifs is 1. The number of benzene rings is 1. The summed E-state index contributed by atoms with van der Waals surface area (Å²) in [6.07, 6.45) is 1.79. The van der Waals surface area contributed by atoms with Crippen molar-refractivity contribution in [2.45, 2.75) is 17.9 Å². The number of sulfonamides is 1. The Hall–Kier alpha value is -1.94. The molecule has 1 unspecified atom stereocenters. The minimum atomic E-state index is -4.19. The predicted octanol–water partition coefficient (Wildman–Crippen LogP) is 0.867. The number of hydroxylamine groups is 1. The Morgan fingerprint density at radius 1 is 1.39 bits per heavy atom. The highest BCUT2D eigenvalue weighted by Gasteiger charge is 2.26. The zero-order chi connectivity index (χ0) is 17.4. The van der Waals surface area contributed by atoms with Gasteiger partial charge in [0.05, 0.1) is 16.3 Å². The first-order chi connectivity index (χ1) is 10.6. The molecule has 1 atom stereocenters. The lowest BCUT2D eigenvalue weighted by molar-refractivity contribution is -0.114. The zero-order valence-corrected chi connectivity index (χ0v) is 13.5. The summed E-state index contributed by atoms with van der Waals surface area (Å²) < 4.78 is 28.1. The number of nitrogens with zero attached hydrogens (tertiary/aromatic N) is 1. The highest BCUT2D eigenvalue weighted by molar-refractivity contribution is 7.89. The molecule has 1 aliphatic heterocycles. The number of cyclic esters (lactones) is 1. The molecule has 0 radical (unpaired) electrons. The molecule has 0 saturated heterocycles. The summed E-state index contributed by atoms with van der Waals surface area (Å²) in [4.78, 5) is 23.4. The Labute approximate surface area is 137 Å². The quantitative estimate of drug-likeness (QED) is 0.711. The van der Waals surface area contributed by atoms with Crippen molar-refractivity contribution in [2.24, 2.45) is 5.14 Å². The largest absolute Gasteiger partial charge is 0.455 e. The number of halogens is 1. The van der Waals surface area contributed by atoms with Crippen molar-refractivity contribution < 1.29 is 28.0 Å². The molecule has 3 N–H and O–H groups in total. The third-order valence-corrected chi connectivity index (χ3v) is 4.38. The van der Waals surface area contributed by atoms with Gasteiger partial charge in [-0.3, -0.25) is 10.0 Å². The van der Waals surface area contributed by atoms with E-state index in [1.54, 1.807) is 0 Å². The summed E-state index contributed by atoms with van der Waals surface area (Å²) in [6.45, 7) is 1.07. The molecule has 1 heterocycles. The molecule has 0 fully saturated rings. The van der Waals surface area contributed by atoms with Crippen LogP contribution in [0.4, 0.5) is 5.69 Å². The first-order valence-corrected chi connectivity index (χ1v) is 8.27. The van der Waals surface area contributed by atoms with Gasteiger partial charge < -0.3 is 4.74 Å². The molecule has 1 aromatic rings. The predicted molar refractivity (Wildman–Crippen MR) is 81.0 cm³/mol. The minimum absolute atomic E-state index is 0.164. The highest BCUT2D eigenvalue weighted by atomic mass is 35.5. The number of rotatable bonds is 1. The molecule has 10 heteroatoms. The highest BCUT2D eigenvalue weighted by Crippen LogP contribution is 2.31. The topological polar surface area (TPSA) is 127 Å². The Balaban J connectivity index is 2.66. The molecular formula is C13H13ClN2O6S. The zero-order valence-electron chi connectivity index (χ0n) is 11.9. The molecule has 2 rings (SSSR count). The summed E-state index contributed by atoms with van der Waals surface area (Å²) in [5.74, 6) is -1.35. The normalized spacial score (nSPS) is 20.7. The first-order valence-electron chi connectivity index (χ1n) is 6.34. The van der Waals surface area contributed by atoms with E-state index in [2.05, 4.69) is 0 Å². The van der Waals surface area contributed by atoms with E-state index in [1.807, 2.05) is 0 Å². The molecule has 0 aliphatic carbocycles. The lowest BCUT2D eigenvalue weighted by Gasteiger charge is -2.21. The van der Waals surface area contributed by atoms with Crippen molar-refractivity contribution in [3.05, 3.63) is 34.9 Å². The number of hydrogen-bond donors (Lipinski definition) is 2. The smallest absolute Gasteiger partial charge is 0.340 e. The van der Waals surface area contributed by atoms with E-state index in [0.29, 0.717) is 5.06 Å². The van der Waals surface area contributed by atoms with Crippen LogP contribution in [0.3, 0.4) is 0 Å². The van der Waals surface area contributed by atoms with Gasteiger partial charge in [-0.25, -0.2) is 23.4 Å². The van der Waals surface area contributed by atoms with Crippen molar-refractivity contribution >= 4 is 39.1 Å². The van der Waals surface area contributed by atoms with Crippen LogP contribution in [0.5, 0.6) is 0 Å². The average molecular weight is 361 g/mol. The Morgan fingerprint density at radius 2 is 2.04 bits per heavy atom. The Morgan fingerprint density at radius 3 is 2.65 bits per heavy atom. The molecule has 8 nitrogen and oxygen atoms in total. The monoisotopic (exact) mass is 360 g/mol. The lowest BCUT2D eigenvalue weighted by Crippen LogP contribution is -2.29. The summed E-state index contributed by atoms with van der Waals surface area (Å²) in [5, 5.41) is 15.2. The molecule has 124 valence electrons. The maximum atomic E-state index is 12.2. The standard InChI is InChI=1S/C13H13ClN2O6S/c1-7-2-3-8(17)6-16(19)11-5-10(14)12(23(15,20)21)4-9(11)13(18)22-7/h2-5,7,19H,6H2,1H3,(H2,15,20,21)/b3-2-. The molecule has 1 aromatic carbocycles. The SMILES string of the molecule is CC1/C=C\C(=O)CN(O)c2cc(Cl)c(S(N)(=O)=O)cc2C(=O)O1. The van der Waals surface area contributed by atoms with Crippen molar-refractivity contribution in [2.75, 3.05) is 11.6 Å². The van der Waals surface area contributed by atoms with Crippen LogP contribution >= 0.6 is 11.6 Å². The van der Waals surface area contributed by atoms with Gasteiger partial charge in [0.25, 0.3) is 0 Å². The molecule has 1 aliphatic rings. The van der Waals surface area contributed by atoms with Gasteiger partial charge in [0, 0.05) is 0 Å². The van der Waals surface area contributed by atoms with Gasteiger partial charge in [-0.1, -0.05) is 11.6 Å². The van der Waals surface area contributed by atoms with Gasteiger partial charge in [-0.05, 0) is 31.2 Å². The van der Waals surface area contributed by atoms with Crippen LogP contribution in [0.2, 0.25) is 5.02 Å². The fourth-order valence-electron chi connectivity index (χ4n) is 1.94. The van der Waals surface area contributed by atoms with E-state index >= 15 is 0 Å². The second-order valence-electron chi connectivity index (χ2n) is 4.84. The Kier molecular flexibility index (Phi) is 4.76. The second-order valence-corrected chi connectivity index (χ2v) is 6.78. The van der Waals surface area contributed by atoms with Gasteiger partial charge in [0.15, 0.2) is 5.78 Å². The van der Waals surface area contributed by atoms with E-state index in [1.165, 1.54) is 19.1 Å². The summed E-state index contributed by atoms with van der Waals surface area (Å²) in [7, 11) is -4.19. The number of esters is 1. The van der Waals surface area contributed by atoms with Crippen molar-refractivity contribution in [3.8, 4) is 0 Å². The maximum Gasteiger partial charge on any atom is 0.340 e. The second kappa shape index (κ2) is 6.28. The summed E-state index contributed by atoms with van der Waals surface area (Å²) in [5.41, 5.74) is -0.445. The lowest BCUT2D eigenvalue weighted by atomic mass is 10.1. The van der Waals surface area contributed by atoms with Gasteiger partial charge in [0.2, 0.25) is 10.0 Å². The van der Waals surface area contributed by atoms with Crippen molar-refractivity contribution in [3.63, 3.8) is 0 Å².